The number of carboxylic acid groups (broad SMARTS) is 5. The third kappa shape index (κ3) is 13.9. The van der Waals surface area contributed by atoms with Crippen LogP contribution in [0.4, 0.5) is 0 Å². The predicted molar refractivity (Wildman–Crippen MR) is 66.9 cm³/mol. The van der Waals surface area contributed by atoms with Crippen LogP contribution in [0.2, 0.25) is 0 Å². The molecule has 12 nitrogen and oxygen atoms in total. The molecule has 1 atom stereocenters. The molecular weight excluding hydrogens is 345 g/mol. The fraction of sp³-hybridized carbons (Fsp3) is 0.545. The maximum Gasteiger partial charge on any atom is 1.00 e. The van der Waals surface area contributed by atoms with E-state index in [1.807, 2.05) is 0 Å². The molecule has 0 saturated carbocycles. The van der Waals surface area contributed by atoms with Crippen LogP contribution in [0.5, 0.6) is 0 Å². The van der Waals surface area contributed by atoms with Crippen LogP contribution >= 0.6 is 0 Å². The van der Waals surface area contributed by atoms with Crippen LogP contribution in [-0.2, 0) is 24.0 Å². The molecule has 0 amide bonds. The van der Waals surface area contributed by atoms with Crippen molar-refractivity contribution in [1.29, 1.82) is 0 Å². The minimum absolute atomic E-state index is 0. The number of hydrogen-bond donors (Lipinski definition) is 6. The van der Waals surface area contributed by atoms with Gasteiger partial charge in [0.25, 0.3) is 0 Å². The van der Waals surface area contributed by atoms with Gasteiger partial charge in [-0.1, -0.05) is 0 Å². The van der Waals surface area contributed by atoms with E-state index in [4.69, 9.17) is 31.3 Å². The van der Waals surface area contributed by atoms with Gasteiger partial charge in [0.2, 0.25) is 0 Å². The van der Waals surface area contributed by atoms with E-state index in [0.717, 1.165) is 0 Å². The summed E-state index contributed by atoms with van der Waals surface area (Å²) in [6.07, 6.45) is -2.62. The van der Waals surface area contributed by atoms with Crippen LogP contribution in [0.3, 0.4) is 0 Å². The van der Waals surface area contributed by atoms with E-state index in [-0.39, 0.29) is 42.4 Å². The number of carboxylic acids is 5. The number of nitrogens with two attached hydrogens (primary N) is 1. The van der Waals surface area contributed by atoms with Crippen LogP contribution < -0.4 is 40.4 Å². The fourth-order valence-corrected chi connectivity index (χ4v) is 1.11. The van der Waals surface area contributed by atoms with Gasteiger partial charge in [0, 0.05) is 12.5 Å². The largest absolute Gasteiger partial charge is 1.00 e. The van der Waals surface area contributed by atoms with E-state index >= 15 is 0 Å². The van der Waals surface area contributed by atoms with Gasteiger partial charge >= 0.3 is 53.4 Å². The predicted octanol–water partition coefficient (Wildman–Crippen LogP) is -6.32. The van der Waals surface area contributed by atoms with Gasteiger partial charge in [0.15, 0.2) is 5.60 Å². The molecular formula is C11H16NNaO11. The number of carbonyl (C=O) groups excluding carboxylic acids is 1. The summed E-state index contributed by atoms with van der Waals surface area (Å²) in [7, 11) is 0. The van der Waals surface area contributed by atoms with Crippen molar-refractivity contribution in [3.63, 3.8) is 0 Å². The zero-order chi connectivity index (χ0) is 18.8. The Labute approximate surface area is 157 Å². The van der Waals surface area contributed by atoms with Gasteiger partial charge in [-0.15, -0.1) is 0 Å². The molecule has 0 heterocycles. The smallest absolute Gasteiger partial charge is 0.548 e. The van der Waals surface area contributed by atoms with Crippen LogP contribution in [0, 0.1) is 0 Å². The summed E-state index contributed by atoms with van der Waals surface area (Å²) in [5.41, 5.74) is 2.20. The van der Waals surface area contributed by atoms with Crippen LogP contribution in [-0.4, -0.2) is 67.0 Å². The average molecular weight is 361 g/mol. The second-order valence-electron chi connectivity index (χ2n) is 4.34. The summed E-state index contributed by atoms with van der Waals surface area (Å²) < 4.78 is 0. The molecule has 7 N–H and O–H groups in total. The third-order valence-corrected chi connectivity index (χ3v) is 2.26. The molecule has 0 aliphatic carbocycles. The van der Waals surface area contributed by atoms with E-state index in [0.29, 0.717) is 0 Å². The van der Waals surface area contributed by atoms with Crippen molar-refractivity contribution in [2.24, 2.45) is 5.73 Å². The van der Waals surface area contributed by atoms with Crippen LogP contribution in [0.15, 0.2) is 0 Å². The molecule has 0 spiro atoms. The first-order valence-electron chi connectivity index (χ1n) is 5.89. The Hall–Kier alpha value is -1.73. The van der Waals surface area contributed by atoms with Gasteiger partial charge in [-0.05, 0) is 6.42 Å². The summed E-state index contributed by atoms with van der Waals surface area (Å²) in [4.78, 5) is 50.2. The quantitative estimate of drug-likeness (QED) is 0.210. The first-order valence-corrected chi connectivity index (χ1v) is 5.89. The Bertz CT molecular complexity index is 463. The van der Waals surface area contributed by atoms with Gasteiger partial charge in [-0.3, -0.25) is 14.4 Å². The van der Waals surface area contributed by atoms with Crippen molar-refractivity contribution >= 4 is 29.8 Å². The maximum atomic E-state index is 10.3. The molecule has 0 saturated heterocycles. The molecule has 13 heteroatoms. The summed E-state index contributed by atoms with van der Waals surface area (Å²) in [5, 5.41) is 51.8. The Morgan fingerprint density at radius 3 is 1.50 bits per heavy atom. The summed E-state index contributed by atoms with van der Waals surface area (Å²) in [6.45, 7) is 0. The number of aliphatic hydroxyl groups is 1. The Kier molecular flexibility index (Phi) is 14.3. The summed E-state index contributed by atoms with van der Waals surface area (Å²) in [5.74, 6) is -7.49. The molecule has 132 valence electrons. The Balaban J connectivity index is -0.000000364. The van der Waals surface area contributed by atoms with Crippen molar-refractivity contribution in [2.45, 2.75) is 37.3 Å². The molecule has 0 radical (unpaired) electrons. The van der Waals surface area contributed by atoms with Gasteiger partial charge in [0.05, 0.1) is 18.8 Å². The van der Waals surface area contributed by atoms with Gasteiger partial charge in [-0.25, -0.2) is 4.79 Å². The van der Waals surface area contributed by atoms with Crippen LogP contribution in [0.1, 0.15) is 25.7 Å². The van der Waals surface area contributed by atoms with Gasteiger partial charge in [-0.2, -0.15) is 0 Å². The zero-order valence-corrected chi connectivity index (χ0v) is 14.7. The minimum Gasteiger partial charge on any atom is -0.548 e. The first kappa shape index (κ1) is 27.1. The molecule has 1 unspecified atom stereocenters. The number of hydrogen-bond acceptors (Lipinski definition) is 8. The first-order chi connectivity index (χ1) is 10.3. The maximum absolute atomic E-state index is 10.3. The third-order valence-electron chi connectivity index (χ3n) is 2.26. The minimum atomic E-state index is -2.74. The normalized spacial score (nSPS) is 11.1. The van der Waals surface area contributed by atoms with E-state index in [2.05, 4.69) is 0 Å². The molecule has 0 bridgehead atoms. The SMILES string of the molecule is NC(CCC(=O)O)C(=O)[O-].O=C(O)CC(O)(CC(=O)O)C(=O)O.[Na+]. The molecule has 0 rings (SSSR count). The zero-order valence-electron chi connectivity index (χ0n) is 12.7. The van der Waals surface area contributed by atoms with Crippen LogP contribution in [0.25, 0.3) is 0 Å². The van der Waals surface area contributed by atoms with E-state index in [1.165, 1.54) is 0 Å². The van der Waals surface area contributed by atoms with Crippen molar-refractivity contribution < 1.29 is 84.2 Å². The monoisotopic (exact) mass is 361 g/mol. The van der Waals surface area contributed by atoms with Crippen molar-refractivity contribution in [1.82, 2.24) is 0 Å². The van der Waals surface area contributed by atoms with Crippen molar-refractivity contribution in [2.75, 3.05) is 0 Å². The molecule has 0 aliphatic rings. The standard InChI is InChI=1S/C6H8O7.C5H9NO4.Na/c7-3(8)1-6(13,5(11)12)2-4(9)10;6-3(5(9)10)1-2-4(7)8;/h13H,1-2H2,(H,7,8)(H,9,10)(H,11,12);3H,1-2,6H2,(H,7,8)(H,9,10);/q;;+1/p-1. The summed E-state index contributed by atoms with van der Waals surface area (Å²) in [6, 6.07) is -1.17. The Morgan fingerprint density at radius 1 is 0.917 bits per heavy atom. The topological polar surface area (TPSA) is 236 Å². The Morgan fingerprint density at radius 2 is 1.29 bits per heavy atom. The number of rotatable bonds is 9. The molecule has 0 aliphatic heterocycles. The fourth-order valence-electron chi connectivity index (χ4n) is 1.11. The second kappa shape index (κ2) is 12.7. The van der Waals surface area contributed by atoms with E-state index in [9.17, 15) is 29.1 Å². The van der Waals surface area contributed by atoms with Crippen molar-refractivity contribution in [3.8, 4) is 0 Å². The van der Waals surface area contributed by atoms with Gasteiger partial charge < -0.3 is 41.2 Å². The van der Waals surface area contributed by atoms with E-state index in [1.54, 1.807) is 0 Å². The second-order valence-corrected chi connectivity index (χ2v) is 4.34. The van der Waals surface area contributed by atoms with Gasteiger partial charge in [0.1, 0.15) is 0 Å². The molecule has 0 aromatic carbocycles. The average Bonchev–Trinajstić information content (AvgIpc) is 2.34. The van der Waals surface area contributed by atoms with E-state index < -0.39 is 54.3 Å². The van der Waals surface area contributed by atoms with Crippen molar-refractivity contribution in [3.05, 3.63) is 0 Å². The molecule has 24 heavy (non-hydrogen) atoms. The number of carbonyl (C=O) groups is 5. The molecule has 0 fully saturated rings. The number of aliphatic carboxylic acids is 5. The molecule has 0 aromatic heterocycles. The molecule has 0 aromatic rings. The summed E-state index contributed by atoms with van der Waals surface area (Å²) >= 11 is 0.